The molecule has 0 radical (unpaired) electrons. The first-order valence-corrected chi connectivity index (χ1v) is 6.16. The number of hydrogen-bond acceptors (Lipinski definition) is 5. The molecule has 0 bridgehead atoms. The molecule has 1 fully saturated rings. The summed E-state index contributed by atoms with van der Waals surface area (Å²) in [7, 11) is 0. The van der Waals surface area contributed by atoms with E-state index in [9.17, 15) is 0 Å². The lowest BCUT2D eigenvalue weighted by Gasteiger charge is -2.23. The molecular formula is C10H17N3OS. The van der Waals surface area contributed by atoms with Gasteiger partial charge in [-0.3, -0.25) is 0 Å². The van der Waals surface area contributed by atoms with Crippen LogP contribution < -0.4 is 10.6 Å². The third kappa shape index (κ3) is 3.53. The van der Waals surface area contributed by atoms with Gasteiger partial charge in [0, 0.05) is 37.3 Å². The fourth-order valence-corrected chi connectivity index (χ4v) is 2.32. The van der Waals surface area contributed by atoms with Crippen LogP contribution in [0, 0.1) is 6.92 Å². The van der Waals surface area contributed by atoms with Crippen molar-refractivity contribution in [2.75, 3.05) is 26.2 Å². The Morgan fingerprint density at radius 2 is 2.67 bits per heavy atom. The Labute approximate surface area is 94.1 Å². The molecule has 0 aromatic carbocycles. The van der Waals surface area contributed by atoms with Gasteiger partial charge in [-0.25, -0.2) is 4.98 Å². The van der Waals surface area contributed by atoms with Crippen LogP contribution in [0.3, 0.4) is 0 Å². The first-order chi connectivity index (χ1) is 7.34. The highest BCUT2D eigenvalue weighted by Crippen LogP contribution is 2.07. The predicted octanol–water partition coefficient (Wildman–Crippen LogP) is 0.530. The smallest absolute Gasteiger partial charge is 0.107 e. The number of aryl methyl sites for hydroxylation is 1. The molecule has 1 aliphatic heterocycles. The van der Waals surface area contributed by atoms with Crippen LogP contribution in [0.2, 0.25) is 0 Å². The molecule has 84 valence electrons. The number of thiazole rings is 1. The molecule has 1 unspecified atom stereocenters. The van der Waals surface area contributed by atoms with Crippen LogP contribution in [0.15, 0.2) is 5.38 Å². The zero-order valence-corrected chi connectivity index (χ0v) is 9.77. The van der Waals surface area contributed by atoms with Gasteiger partial charge >= 0.3 is 0 Å². The van der Waals surface area contributed by atoms with E-state index >= 15 is 0 Å². The van der Waals surface area contributed by atoms with Crippen molar-refractivity contribution in [1.82, 2.24) is 15.6 Å². The second-order valence-electron chi connectivity index (χ2n) is 3.71. The Bertz CT molecular complexity index is 297. The van der Waals surface area contributed by atoms with Crippen LogP contribution in [0.25, 0.3) is 0 Å². The molecule has 0 aliphatic carbocycles. The molecule has 1 saturated heterocycles. The number of rotatable bonds is 4. The average Bonchev–Trinajstić information content (AvgIpc) is 2.66. The minimum atomic E-state index is 0.305. The van der Waals surface area contributed by atoms with Crippen molar-refractivity contribution in [2.45, 2.75) is 19.6 Å². The summed E-state index contributed by atoms with van der Waals surface area (Å²) in [6.45, 7) is 6.51. The highest BCUT2D eigenvalue weighted by Gasteiger charge is 2.12. The van der Waals surface area contributed by atoms with E-state index in [4.69, 9.17) is 4.74 Å². The van der Waals surface area contributed by atoms with Gasteiger partial charge in [0.1, 0.15) is 5.01 Å². The molecule has 5 heteroatoms. The van der Waals surface area contributed by atoms with Crippen molar-refractivity contribution in [3.05, 3.63) is 16.1 Å². The highest BCUT2D eigenvalue weighted by atomic mass is 32.1. The van der Waals surface area contributed by atoms with Crippen LogP contribution in [-0.4, -0.2) is 37.3 Å². The van der Waals surface area contributed by atoms with E-state index in [-0.39, 0.29) is 0 Å². The largest absolute Gasteiger partial charge is 0.374 e. The van der Waals surface area contributed by atoms with Crippen LogP contribution >= 0.6 is 11.3 Å². The van der Waals surface area contributed by atoms with E-state index in [1.54, 1.807) is 11.3 Å². The summed E-state index contributed by atoms with van der Waals surface area (Å²) in [5.41, 5.74) is 1.10. The van der Waals surface area contributed by atoms with Crippen LogP contribution in [-0.2, 0) is 11.3 Å². The summed E-state index contributed by atoms with van der Waals surface area (Å²) in [6.07, 6.45) is 0.305. The topological polar surface area (TPSA) is 46.2 Å². The Morgan fingerprint density at radius 1 is 1.73 bits per heavy atom. The maximum atomic E-state index is 5.58. The van der Waals surface area contributed by atoms with Gasteiger partial charge in [-0.05, 0) is 6.92 Å². The molecule has 0 saturated carbocycles. The van der Waals surface area contributed by atoms with E-state index in [2.05, 4.69) is 21.0 Å². The van der Waals surface area contributed by atoms with E-state index in [1.165, 1.54) is 0 Å². The first kappa shape index (κ1) is 11.0. The zero-order chi connectivity index (χ0) is 10.5. The fraction of sp³-hybridized carbons (Fsp3) is 0.700. The van der Waals surface area contributed by atoms with E-state index in [0.717, 1.165) is 43.5 Å². The average molecular weight is 227 g/mol. The fourth-order valence-electron chi connectivity index (χ4n) is 1.57. The van der Waals surface area contributed by atoms with Gasteiger partial charge in [0.25, 0.3) is 0 Å². The number of nitrogens with zero attached hydrogens (tertiary/aromatic N) is 1. The van der Waals surface area contributed by atoms with Crippen molar-refractivity contribution in [3.8, 4) is 0 Å². The Hall–Kier alpha value is -0.490. The van der Waals surface area contributed by atoms with Gasteiger partial charge < -0.3 is 15.4 Å². The molecule has 4 nitrogen and oxygen atoms in total. The van der Waals surface area contributed by atoms with E-state index in [1.807, 2.05) is 6.92 Å². The molecule has 0 spiro atoms. The second kappa shape index (κ2) is 5.55. The van der Waals surface area contributed by atoms with Crippen molar-refractivity contribution in [1.29, 1.82) is 0 Å². The SMILES string of the molecule is Cc1csc(CNCC2CNCCO2)n1. The maximum Gasteiger partial charge on any atom is 0.107 e. The third-order valence-corrected chi connectivity index (χ3v) is 3.29. The van der Waals surface area contributed by atoms with Gasteiger partial charge in [-0.15, -0.1) is 11.3 Å². The van der Waals surface area contributed by atoms with Crippen molar-refractivity contribution < 1.29 is 4.74 Å². The van der Waals surface area contributed by atoms with Crippen LogP contribution in [0.1, 0.15) is 10.7 Å². The molecule has 1 aromatic rings. The molecule has 1 aliphatic rings. The summed E-state index contributed by atoms with van der Waals surface area (Å²) in [4.78, 5) is 4.39. The Kier molecular flexibility index (Phi) is 4.08. The second-order valence-corrected chi connectivity index (χ2v) is 4.65. The van der Waals surface area contributed by atoms with Crippen LogP contribution in [0.4, 0.5) is 0 Å². The summed E-state index contributed by atoms with van der Waals surface area (Å²) in [6, 6.07) is 0. The monoisotopic (exact) mass is 227 g/mol. The lowest BCUT2D eigenvalue weighted by Crippen LogP contribution is -2.43. The normalized spacial score (nSPS) is 21.8. The van der Waals surface area contributed by atoms with E-state index < -0.39 is 0 Å². The number of nitrogens with one attached hydrogen (secondary N) is 2. The quantitative estimate of drug-likeness (QED) is 0.787. The molecule has 2 N–H and O–H groups in total. The van der Waals surface area contributed by atoms with Gasteiger partial charge in [-0.1, -0.05) is 0 Å². The standard InChI is InChI=1S/C10H17N3OS/c1-8-7-15-10(13-8)6-12-5-9-4-11-2-3-14-9/h7,9,11-12H,2-6H2,1H3. The summed E-state index contributed by atoms with van der Waals surface area (Å²) < 4.78 is 5.58. The minimum Gasteiger partial charge on any atom is -0.374 e. The molecular weight excluding hydrogens is 210 g/mol. The number of morpholine rings is 1. The molecule has 2 rings (SSSR count). The van der Waals surface area contributed by atoms with Crippen molar-refractivity contribution in [2.24, 2.45) is 0 Å². The summed E-state index contributed by atoms with van der Waals surface area (Å²) >= 11 is 1.71. The number of aromatic nitrogens is 1. The first-order valence-electron chi connectivity index (χ1n) is 5.28. The van der Waals surface area contributed by atoms with Crippen LogP contribution in [0.5, 0.6) is 0 Å². The molecule has 0 amide bonds. The lowest BCUT2D eigenvalue weighted by molar-refractivity contribution is 0.0290. The molecule has 2 heterocycles. The zero-order valence-electron chi connectivity index (χ0n) is 8.95. The molecule has 1 aromatic heterocycles. The minimum absolute atomic E-state index is 0.305. The summed E-state index contributed by atoms with van der Waals surface area (Å²) in [5, 5.41) is 9.91. The van der Waals surface area contributed by atoms with Gasteiger partial charge in [-0.2, -0.15) is 0 Å². The van der Waals surface area contributed by atoms with Gasteiger partial charge in [0.15, 0.2) is 0 Å². The number of ether oxygens (including phenoxy) is 1. The predicted molar refractivity (Wildman–Crippen MR) is 61.2 cm³/mol. The van der Waals surface area contributed by atoms with Gasteiger partial charge in [0.2, 0.25) is 0 Å². The third-order valence-electron chi connectivity index (χ3n) is 2.32. The molecule has 1 atom stereocenters. The van der Waals surface area contributed by atoms with E-state index in [0.29, 0.717) is 6.10 Å². The number of hydrogen-bond donors (Lipinski definition) is 2. The summed E-state index contributed by atoms with van der Waals surface area (Å²) in [5.74, 6) is 0. The van der Waals surface area contributed by atoms with Crippen molar-refractivity contribution >= 4 is 11.3 Å². The molecule has 15 heavy (non-hydrogen) atoms. The Morgan fingerprint density at radius 3 is 3.33 bits per heavy atom. The highest BCUT2D eigenvalue weighted by molar-refractivity contribution is 7.09. The maximum absolute atomic E-state index is 5.58. The Balaban J connectivity index is 1.65. The van der Waals surface area contributed by atoms with Gasteiger partial charge in [0.05, 0.1) is 12.7 Å². The van der Waals surface area contributed by atoms with Crippen molar-refractivity contribution in [3.63, 3.8) is 0 Å². The lowest BCUT2D eigenvalue weighted by atomic mass is 10.3.